The Hall–Kier alpha value is -3.15. The number of hydrazine groups is 1. The minimum atomic E-state index is -4.95. The molecule has 1 amide bonds. The van der Waals surface area contributed by atoms with Crippen LogP contribution in [-0.2, 0) is 11.0 Å². The molecule has 4 N–H and O–H groups in total. The fourth-order valence-corrected chi connectivity index (χ4v) is 2.33. The van der Waals surface area contributed by atoms with E-state index in [1.165, 1.54) is 4.98 Å². The summed E-state index contributed by atoms with van der Waals surface area (Å²) >= 11 is 0. The van der Waals surface area contributed by atoms with Gasteiger partial charge in [0.2, 0.25) is 0 Å². The van der Waals surface area contributed by atoms with E-state index in [4.69, 9.17) is 5.84 Å². The summed E-state index contributed by atoms with van der Waals surface area (Å²) in [6.45, 7) is -0.191. The molecule has 0 saturated heterocycles. The summed E-state index contributed by atoms with van der Waals surface area (Å²) in [5.74, 6) is 3.90. The number of amides is 1. The molecule has 1 aromatic carbocycles. The van der Waals surface area contributed by atoms with Crippen LogP contribution < -0.4 is 27.4 Å². The molecule has 0 fully saturated rings. The zero-order valence-corrected chi connectivity index (χ0v) is 12.1. The van der Waals surface area contributed by atoms with Crippen molar-refractivity contribution in [1.82, 2.24) is 9.55 Å². The second-order valence-corrected chi connectivity index (χ2v) is 5.10. The molecule has 1 aliphatic rings. The Balaban J connectivity index is 2.23. The molecule has 0 atom stereocenters. The fraction of sp³-hybridized carbons (Fsp3) is 0.154. The van der Waals surface area contributed by atoms with E-state index < -0.39 is 40.5 Å². The number of nitrogens with two attached hydrogens (primary N) is 1. The average Bonchev–Trinajstić information content (AvgIpc) is 2.50. The number of aromatic nitrogens is 2. The van der Waals surface area contributed by atoms with E-state index in [0.29, 0.717) is 5.01 Å². The Kier molecular flexibility index (Phi) is 3.64. The summed E-state index contributed by atoms with van der Waals surface area (Å²) in [5, 5.41) is 3.27. The normalized spacial score (nSPS) is 14.3. The number of aromatic amines is 1. The predicted octanol–water partition coefficient (Wildman–Crippen LogP) is 0.316. The number of hydrogen-bond donors (Lipinski definition) is 3. The Labute approximate surface area is 135 Å². The maximum Gasteiger partial charge on any atom is 0.431 e. The number of alkyl halides is 3. The molecule has 12 heteroatoms. The standard InChI is InChI=1S/C13H9F4N5O3/c14-5-1-6-8(22(18)11(24)4-19-6)2-7(5)21-10(23)3-9(13(15,16)17)20-12(21)25/h1-3,19H,4,18H2,(H,20,25). The third-order valence-electron chi connectivity index (χ3n) is 3.50. The molecular weight excluding hydrogens is 350 g/mol. The summed E-state index contributed by atoms with van der Waals surface area (Å²) < 4.78 is 52.3. The summed E-state index contributed by atoms with van der Waals surface area (Å²) in [6.07, 6.45) is -4.95. The van der Waals surface area contributed by atoms with E-state index in [9.17, 15) is 31.9 Å². The van der Waals surface area contributed by atoms with Gasteiger partial charge in [-0.25, -0.2) is 24.6 Å². The molecule has 0 radical (unpaired) electrons. The number of fused-ring (bicyclic) bond motifs is 1. The maximum absolute atomic E-state index is 14.3. The lowest BCUT2D eigenvalue weighted by atomic mass is 10.2. The third kappa shape index (κ3) is 2.76. The van der Waals surface area contributed by atoms with Crippen LogP contribution in [0.25, 0.3) is 5.69 Å². The second-order valence-electron chi connectivity index (χ2n) is 5.10. The number of rotatable bonds is 1. The van der Waals surface area contributed by atoms with Crippen molar-refractivity contribution in [3.8, 4) is 5.69 Å². The van der Waals surface area contributed by atoms with Crippen LogP contribution in [-0.4, -0.2) is 22.0 Å². The molecule has 3 rings (SSSR count). The third-order valence-corrected chi connectivity index (χ3v) is 3.50. The summed E-state index contributed by atoms with van der Waals surface area (Å²) in [5.41, 5.74) is -5.01. The molecule has 132 valence electrons. The highest BCUT2D eigenvalue weighted by atomic mass is 19.4. The average molecular weight is 359 g/mol. The van der Waals surface area contributed by atoms with Crippen LogP contribution in [0.4, 0.5) is 28.9 Å². The topological polar surface area (TPSA) is 113 Å². The molecule has 1 aliphatic heterocycles. The molecule has 8 nitrogen and oxygen atoms in total. The van der Waals surface area contributed by atoms with Gasteiger partial charge in [0.25, 0.3) is 11.5 Å². The Morgan fingerprint density at radius 3 is 2.36 bits per heavy atom. The number of carbonyl (C=O) groups is 1. The van der Waals surface area contributed by atoms with Crippen molar-refractivity contribution in [1.29, 1.82) is 0 Å². The quantitative estimate of drug-likeness (QED) is 0.385. The molecule has 2 aromatic rings. The van der Waals surface area contributed by atoms with E-state index >= 15 is 0 Å². The molecule has 25 heavy (non-hydrogen) atoms. The van der Waals surface area contributed by atoms with Gasteiger partial charge < -0.3 is 10.3 Å². The van der Waals surface area contributed by atoms with Gasteiger partial charge in [0.15, 0.2) is 0 Å². The lowest BCUT2D eigenvalue weighted by Gasteiger charge is -2.26. The number of benzene rings is 1. The van der Waals surface area contributed by atoms with Gasteiger partial charge >= 0.3 is 11.9 Å². The van der Waals surface area contributed by atoms with Crippen LogP contribution in [0, 0.1) is 5.82 Å². The van der Waals surface area contributed by atoms with Crippen molar-refractivity contribution in [3.05, 3.63) is 50.5 Å². The second kappa shape index (κ2) is 5.44. The zero-order valence-electron chi connectivity index (χ0n) is 12.1. The number of anilines is 2. The molecular formula is C13H9F4N5O3. The first-order chi connectivity index (χ1) is 11.6. The van der Waals surface area contributed by atoms with Crippen LogP contribution in [0.3, 0.4) is 0 Å². The highest BCUT2D eigenvalue weighted by molar-refractivity contribution is 6.02. The van der Waals surface area contributed by atoms with E-state index in [-0.39, 0.29) is 28.6 Å². The number of nitrogens with zero attached hydrogens (tertiary/aromatic N) is 2. The van der Waals surface area contributed by atoms with Crippen LogP contribution in [0.1, 0.15) is 5.69 Å². The highest BCUT2D eigenvalue weighted by Gasteiger charge is 2.33. The molecule has 0 saturated carbocycles. The van der Waals surface area contributed by atoms with Crippen molar-refractivity contribution < 1.29 is 22.4 Å². The van der Waals surface area contributed by atoms with E-state index in [0.717, 1.165) is 12.1 Å². The largest absolute Gasteiger partial charge is 0.431 e. The molecule has 0 bridgehead atoms. The number of carbonyl (C=O) groups excluding carboxylic acids is 1. The summed E-state index contributed by atoms with van der Waals surface area (Å²) in [6, 6.07) is 1.92. The van der Waals surface area contributed by atoms with E-state index in [1.54, 1.807) is 0 Å². The number of hydrogen-bond acceptors (Lipinski definition) is 5. The molecule has 2 heterocycles. The van der Waals surface area contributed by atoms with Crippen molar-refractivity contribution in [2.24, 2.45) is 5.84 Å². The van der Waals surface area contributed by atoms with Gasteiger partial charge in [0, 0.05) is 12.1 Å². The number of halogens is 4. The van der Waals surface area contributed by atoms with Crippen LogP contribution in [0.15, 0.2) is 27.8 Å². The monoisotopic (exact) mass is 359 g/mol. The Morgan fingerprint density at radius 2 is 1.76 bits per heavy atom. The van der Waals surface area contributed by atoms with Gasteiger partial charge in [-0.15, -0.1) is 0 Å². The zero-order chi connectivity index (χ0) is 18.5. The number of nitrogens with one attached hydrogen (secondary N) is 2. The molecule has 1 aromatic heterocycles. The molecule has 0 unspecified atom stereocenters. The van der Waals surface area contributed by atoms with Gasteiger partial charge in [0.05, 0.1) is 23.6 Å². The lowest BCUT2D eigenvalue weighted by molar-refractivity contribution is -0.141. The Bertz CT molecular complexity index is 963. The first kappa shape index (κ1) is 16.7. The molecule has 0 aliphatic carbocycles. The Morgan fingerprint density at radius 1 is 1.08 bits per heavy atom. The van der Waals surface area contributed by atoms with Crippen molar-refractivity contribution >= 4 is 17.3 Å². The first-order valence-electron chi connectivity index (χ1n) is 6.68. The minimum absolute atomic E-state index is 0.0427. The van der Waals surface area contributed by atoms with Crippen molar-refractivity contribution in [2.45, 2.75) is 6.18 Å². The van der Waals surface area contributed by atoms with Gasteiger partial charge in [-0.2, -0.15) is 13.2 Å². The predicted molar refractivity (Wildman–Crippen MR) is 77.8 cm³/mol. The number of H-pyrrole nitrogens is 1. The van der Waals surface area contributed by atoms with Gasteiger partial charge in [-0.1, -0.05) is 0 Å². The van der Waals surface area contributed by atoms with Gasteiger partial charge in [-0.3, -0.25) is 9.59 Å². The van der Waals surface area contributed by atoms with Gasteiger partial charge in [0.1, 0.15) is 11.5 Å². The molecule has 0 spiro atoms. The summed E-state index contributed by atoms with van der Waals surface area (Å²) in [4.78, 5) is 36.8. The smallest absolute Gasteiger partial charge is 0.374 e. The summed E-state index contributed by atoms with van der Waals surface area (Å²) in [7, 11) is 0. The van der Waals surface area contributed by atoms with E-state index in [2.05, 4.69) is 5.32 Å². The lowest BCUT2D eigenvalue weighted by Crippen LogP contribution is -2.45. The fourth-order valence-electron chi connectivity index (χ4n) is 2.33. The van der Waals surface area contributed by atoms with Crippen molar-refractivity contribution in [2.75, 3.05) is 16.9 Å². The SMILES string of the molecule is NN1C(=O)CNc2cc(F)c(-n3c(=O)cc(C(F)(F)F)[nH]c3=O)cc21. The van der Waals surface area contributed by atoms with Crippen LogP contribution in [0.5, 0.6) is 0 Å². The van der Waals surface area contributed by atoms with E-state index in [1.807, 2.05) is 0 Å². The maximum atomic E-state index is 14.3. The van der Waals surface area contributed by atoms with Crippen LogP contribution in [0.2, 0.25) is 0 Å². The minimum Gasteiger partial charge on any atom is -0.374 e. The van der Waals surface area contributed by atoms with Gasteiger partial charge in [-0.05, 0) is 6.07 Å². The highest BCUT2D eigenvalue weighted by Crippen LogP contribution is 2.31. The first-order valence-corrected chi connectivity index (χ1v) is 6.68. The van der Waals surface area contributed by atoms with Crippen molar-refractivity contribution in [3.63, 3.8) is 0 Å². The van der Waals surface area contributed by atoms with Crippen LogP contribution >= 0.6 is 0 Å².